The maximum atomic E-state index is 13.1. The minimum absolute atomic E-state index is 0.0491. The van der Waals surface area contributed by atoms with Crippen molar-refractivity contribution < 1.29 is 4.79 Å². The van der Waals surface area contributed by atoms with Gasteiger partial charge in [0.2, 0.25) is 11.7 Å². The zero-order valence-electron chi connectivity index (χ0n) is 19.5. The molecule has 0 saturated heterocycles. The van der Waals surface area contributed by atoms with Crippen molar-refractivity contribution in [2.75, 3.05) is 18.1 Å². The van der Waals surface area contributed by atoms with Crippen LogP contribution in [-0.2, 0) is 11.3 Å². The fraction of sp³-hybridized carbons (Fsp3) is 0.360. The lowest BCUT2D eigenvalue weighted by atomic mass is 10.2. The number of nitrogens with zero attached hydrogens (tertiary/aromatic N) is 4. The molecule has 0 aliphatic heterocycles. The van der Waals surface area contributed by atoms with Crippen LogP contribution >= 0.6 is 23.5 Å². The summed E-state index contributed by atoms with van der Waals surface area (Å²) < 4.78 is 3.60. The lowest BCUT2D eigenvalue weighted by molar-refractivity contribution is -0.118. The van der Waals surface area contributed by atoms with E-state index < -0.39 is 0 Å². The van der Waals surface area contributed by atoms with Gasteiger partial charge >= 0.3 is 0 Å². The van der Waals surface area contributed by atoms with Crippen LogP contribution in [0.3, 0.4) is 0 Å². The minimum atomic E-state index is -0.0492. The van der Waals surface area contributed by atoms with Gasteiger partial charge in [-0.05, 0) is 37.6 Å². The average molecular weight is 496 g/mol. The summed E-state index contributed by atoms with van der Waals surface area (Å²) in [5.74, 6) is 1.52. The molecule has 0 fully saturated rings. The Balaban J connectivity index is 1.43. The fourth-order valence-electron chi connectivity index (χ4n) is 3.72. The topological polar surface area (TPSA) is 81.3 Å². The molecule has 2 aromatic heterocycles. The normalized spacial score (nSPS) is 11.4. The van der Waals surface area contributed by atoms with Gasteiger partial charge in [-0.2, -0.15) is 0 Å². The number of carbonyl (C=O) groups is 1. The number of nitrogens with one attached hydrogen (secondary N) is 1. The number of amides is 1. The molecule has 4 aromatic rings. The predicted octanol–water partition coefficient (Wildman–Crippen LogP) is 4.54. The van der Waals surface area contributed by atoms with Crippen LogP contribution in [0.15, 0.2) is 63.4 Å². The number of hydrogen-bond donors (Lipinski definition) is 1. The highest BCUT2D eigenvalue weighted by molar-refractivity contribution is 7.99. The molecule has 7 nitrogen and oxygen atoms in total. The number of fused-ring (bicyclic) bond motifs is 3. The van der Waals surface area contributed by atoms with Crippen molar-refractivity contribution in [3.8, 4) is 0 Å². The van der Waals surface area contributed by atoms with E-state index in [1.165, 1.54) is 22.2 Å². The first kappa shape index (κ1) is 24.3. The van der Waals surface area contributed by atoms with Gasteiger partial charge in [-0.15, -0.1) is 22.0 Å². The molecule has 34 heavy (non-hydrogen) atoms. The van der Waals surface area contributed by atoms with Gasteiger partial charge < -0.3 is 5.32 Å². The van der Waals surface area contributed by atoms with E-state index in [4.69, 9.17) is 0 Å². The second kappa shape index (κ2) is 11.6. The Morgan fingerprint density at radius 1 is 1.03 bits per heavy atom. The Hall–Kier alpha value is -2.78. The van der Waals surface area contributed by atoms with Gasteiger partial charge in [0.15, 0.2) is 5.16 Å². The summed E-state index contributed by atoms with van der Waals surface area (Å²) in [6.07, 6.45) is 3.03. The molecule has 0 radical (unpaired) electrons. The van der Waals surface area contributed by atoms with Crippen molar-refractivity contribution in [2.45, 2.75) is 49.7 Å². The van der Waals surface area contributed by atoms with E-state index in [-0.39, 0.29) is 17.2 Å². The molecule has 178 valence electrons. The van der Waals surface area contributed by atoms with E-state index in [1.54, 1.807) is 16.3 Å². The number of unbranched alkanes of at least 4 members (excludes halogenated alkanes) is 2. The summed E-state index contributed by atoms with van der Waals surface area (Å²) in [5.41, 5.74) is 1.95. The Morgan fingerprint density at radius 3 is 2.62 bits per heavy atom. The van der Waals surface area contributed by atoms with Crippen molar-refractivity contribution in [2.24, 2.45) is 0 Å². The van der Waals surface area contributed by atoms with Crippen LogP contribution in [-0.4, -0.2) is 43.1 Å². The lowest BCUT2D eigenvalue weighted by Gasteiger charge is -2.11. The first-order chi connectivity index (χ1) is 16.6. The molecule has 0 saturated carbocycles. The fourth-order valence-corrected chi connectivity index (χ4v) is 5.26. The van der Waals surface area contributed by atoms with E-state index >= 15 is 0 Å². The van der Waals surface area contributed by atoms with Crippen LogP contribution in [0.5, 0.6) is 0 Å². The zero-order chi connectivity index (χ0) is 23.9. The number of benzene rings is 2. The van der Waals surface area contributed by atoms with E-state index in [0.717, 1.165) is 30.5 Å². The molecule has 0 aliphatic carbocycles. The van der Waals surface area contributed by atoms with Crippen LogP contribution in [0.4, 0.5) is 0 Å². The van der Waals surface area contributed by atoms with Crippen LogP contribution in [0.1, 0.15) is 31.7 Å². The third-order valence-corrected chi connectivity index (χ3v) is 7.45. The number of carbonyl (C=O) groups excluding carboxylic acids is 1. The largest absolute Gasteiger partial charge is 0.355 e. The predicted molar refractivity (Wildman–Crippen MR) is 140 cm³/mol. The molecular formula is C25H29N5O2S2. The van der Waals surface area contributed by atoms with Gasteiger partial charge in [-0.3, -0.25) is 18.6 Å². The second-order valence-electron chi connectivity index (χ2n) is 8.10. The quantitative estimate of drug-likeness (QED) is 0.243. The first-order valence-electron chi connectivity index (χ1n) is 11.5. The molecule has 2 aromatic carbocycles. The molecule has 0 atom stereocenters. The summed E-state index contributed by atoms with van der Waals surface area (Å²) in [5, 5.41) is 12.9. The van der Waals surface area contributed by atoms with E-state index in [0.29, 0.717) is 29.4 Å². The molecule has 2 heterocycles. The number of rotatable bonds is 11. The maximum absolute atomic E-state index is 13.1. The van der Waals surface area contributed by atoms with Gasteiger partial charge in [0.25, 0.3) is 5.56 Å². The number of aryl methyl sites for hydroxylation is 2. The molecule has 0 aliphatic rings. The zero-order valence-corrected chi connectivity index (χ0v) is 21.1. The molecule has 1 N–H and O–H groups in total. The van der Waals surface area contributed by atoms with Crippen molar-refractivity contribution in [3.63, 3.8) is 0 Å². The molecule has 1 amide bonds. The van der Waals surface area contributed by atoms with Crippen molar-refractivity contribution >= 4 is 46.1 Å². The van der Waals surface area contributed by atoms with E-state index in [2.05, 4.69) is 53.6 Å². The van der Waals surface area contributed by atoms with Gasteiger partial charge in [0.05, 0.1) is 16.7 Å². The highest BCUT2D eigenvalue weighted by Gasteiger charge is 2.17. The van der Waals surface area contributed by atoms with Crippen LogP contribution < -0.4 is 10.9 Å². The Morgan fingerprint density at radius 2 is 1.82 bits per heavy atom. The van der Waals surface area contributed by atoms with Crippen molar-refractivity contribution in [3.05, 3.63) is 64.4 Å². The summed E-state index contributed by atoms with van der Waals surface area (Å²) in [4.78, 5) is 26.7. The maximum Gasteiger partial charge on any atom is 0.262 e. The van der Waals surface area contributed by atoms with Gasteiger partial charge in [-0.1, -0.05) is 61.4 Å². The molecule has 9 heteroatoms. The average Bonchev–Trinajstić information content (AvgIpc) is 3.28. The van der Waals surface area contributed by atoms with Gasteiger partial charge in [0.1, 0.15) is 0 Å². The van der Waals surface area contributed by atoms with Gasteiger partial charge in [-0.25, -0.2) is 0 Å². The number of aromatic nitrogens is 4. The van der Waals surface area contributed by atoms with E-state index in [1.807, 2.05) is 28.7 Å². The highest BCUT2D eigenvalue weighted by atomic mass is 32.2. The SMILES string of the molecule is CCCCCn1c(=O)c2ccccc2n2c(SCC(=O)NCCSc3ccc(C)cc3)nnc12. The van der Waals surface area contributed by atoms with Crippen LogP contribution in [0, 0.1) is 6.92 Å². The minimum Gasteiger partial charge on any atom is -0.355 e. The van der Waals surface area contributed by atoms with E-state index in [9.17, 15) is 9.59 Å². The molecule has 0 bridgehead atoms. The Kier molecular flexibility index (Phi) is 8.29. The smallest absolute Gasteiger partial charge is 0.262 e. The molecular weight excluding hydrogens is 466 g/mol. The molecule has 4 rings (SSSR count). The van der Waals surface area contributed by atoms with Crippen molar-refractivity contribution in [1.82, 2.24) is 24.5 Å². The summed E-state index contributed by atoms with van der Waals surface area (Å²) >= 11 is 3.05. The third kappa shape index (κ3) is 5.64. The Labute approximate surface area is 207 Å². The second-order valence-corrected chi connectivity index (χ2v) is 10.2. The standard InChI is InChI=1S/C25H29N5O2S2/c1-3-4-7-15-29-23(32)20-8-5-6-9-21(20)30-24(29)27-28-25(30)34-17-22(31)26-14-16-33-19-12-10-18(2)11-13-19/h5-6,8-13H,3-4,7,14-17H2,1-2H3,(H,26,31). The van der Waals surface area contributed by atoms with Gasteiger partial charge in [0, 0.05) is 23.7 Å². The highest BCUT2D eigenvalue weighted by Crippen LogP contribution is 2.22. The van der Waals surface area contributed by atoms with Crippen molar-refractivity contribution in [1.29, 1.82) is 0 Å². The number of thioether (sulfide) groups is 2. The Bertz CT molecular complexity index is 1330. The summed E-state index contributed by atoms with van der Waals surface area (Å²) in [7, 11) is 0. The number of para-hydroxylation sites is 1. The summed E-state index contributed by atoms with van der Waals surface area (Å²) in [6.45, 7) is 5.40. The first-order valence-corrected chi connectivity index (χ1v) is 13.5. The van der Waals surface area contributed by atoms with Crippen LogP contribution in [0.2, 0.25) is 0 Å². The summed E-state index contributed by atoms with van der Waals surface area (Å²) in [6, 6.07) is 15.9. The monoisotopic (exact) mass is 495 g/mol. The molecule has 0 spiro atoms. The molecule has 0 unspecified atom stereocenters. The number of hydrogen-bond acceptors (Lipinski definition) is 6. The van der Waals surface area contributed by atoms with Crippen LogP contribution in [0.25, 0.3) is 16.7 Å². The lowest BCUT2D eigenvalue weighted by Crippen LogP contribution is -2.27. The third-order valence-electron chi connectivity index (χ3n) is 5.51.